The Balaban J connectivity index is 1.95. The summed E-state index contributed by atoms with van der Waals surface area (Å²) in [5.41, 5.74) is 5.59. The van der Waals surface area contributed by atoms with E-state index in [-0.39, 0.29) is 0 Å². The van der Waals surface area contributed by atoms with Crippen molar-refractivity contribution in [2.24, 2.45) is 0 Å². The number of hydrogen-bond acceptors (Lipinski definition) is 2. The van der Waals surface area contributed by atoms with E-state index in [1.807, 2.05) is 16.8 Å². The van der Waals surface area contributed by atoms with Gasteiger partial charge in [-0.1, -0.05) is 47.5 Å². The van der Waals surface area contributed by atoms with Gasteiger partial charge < -0.3 is 5.32 Å². The number of halogens is 2. The van der Waals surface area contributed by atoms with Crippen molar-refractivity contribution in [3.8, 4) is 16.9 Å². The minimum absolute atomic E-state index is 0.609. The summed E-state index contributed by atoms with van der Waals surface area (Å²) in [5, 5.41) is 9.73. The molecule has 1 N–H and O–H groups in total. The molecule has 1 aliphatic heterocycles. The molecule has 0 radical (unpaired) electrons. The second-order valence-electron chi connectivity index (χ2n) is 6.41. The van der Waals surface area contributed by atoms with E-state index in [4.69, 9.17) is 28.3 Å². The highest BCUT2D eigenvalue weighted by molar-refractivity contribution is 6.34. The number of aromatic nitrogens is 2. The van der Waals surface area contributed by atoms with Crippen molar-refractivity contribution in [2.75, 3.05) is 11.9 Å². The number of aryl methyl sites for hydroxylation is 1. The first kappa shape index (κ1) is 16.5. The van der Waals surface area contributed by atoms with Crippen LogP contribution < -0.4 is 5.32 Å². The predicted octanol–water partition coefficient (Wildman–Crippen LogP) is 5.90. The molecule has 0 saturated heterocycles. The number of nitrogens with zero attached hydrogens (tertiary/aromatic N) is 2. The molecule has 4 rings (SSSR count). The van der Waals surface area contributed by atoms with Gasteiger partial charge in [0.15, 0.2) is 0 Å². The molecular weight excluding hydrogens is 353 g/mol. The van der Waals surface area contributed by atoms with Crippen LogP contribution in [0.5, 0.6) is 0 Å². The van der Waals surface area contributed by atoms with Crippen molar-refractivity contribution in [1.82, 2.24) is 9.78 Å². The van der Waals surface area contributed by atoms with Gasteiger partial charge in [-0.15, -0.1) is 0 Å². The maximum Gasteiger partial charge on any atom is 0.133 e. The maximum atomic E-state index is 6.22. The Labute approximate surface area is 157 Å². The van der Waals surface area contributed by atoms with Crippen LogP contribution >= 0.6 is 23.2 Å². The number of benzene rings is 2. The smallest absolute Gasteiger partial charge is 0.133 e. The second-order valence-corrected chi connectivity index (χ2v) is 7.29. The normalized spacial score (nSPS) is 13.9. The number of hydrogen-bond donors (Lipinski definition) is 1. The minimum atomic E-state index is 0.609. The summed E-state index contributed by atoms with van der Waals surface area (Å²) in [7, 11) is 0. The third kappa shape index (κ3) is 3.14. The van der Waals surface area contributed by atoms with E-state index in [9.17, 15) is 0 Å². The summed E-state index contributed by atoms with van der Waals surface area (Å²) in [5.74, 6) is 1.05. The molecule has 128 valence electrons. The van der Waals surface area contributed by atoms with Crippen molar-refractivity contribution in [1.29, 1.82) is 0 Å². The van der Waals surface area contributed by atoms with E-state index in [1.165, 1.54) is 16.7 Å². The number of anilines is 1. The average Bonchev–Trinajstić information content (AvgIpc) is 2.76. The molecule has 0 atom stereocenters. The van der Waals surface area contributed by atoms with Gasteiger partial charge in [-0.3, -0.25) is 0 Å². The Morgan fingerprint density at radius 3 is 2.56 bits per heavy atom. The largest absolute Gasteiger partial charge is 0.370 e. The first-order chi connectivity index (χ1) is 12.1. The minimum Gasteiger partial charge on any atom is -0.370 e. The summed E-state index contributed by atoms with van der Waals surface area (Å²) >= 11 is 12.4. The lowest BCUT2D eigenvalue weighted by Gasteiger charge is -2.10. The van der Waals surface area contributed by atoms with E-state index in [1.54, 1.807) is 6.07 Å². The second kappa shape index (κ2) is 6.74. The van der Waals surface area contributed by atoms with Gasteiger partial charge in [-0.05, 0) is 49.9 Å². The lowest BCUT2D eigenvalue weighted by Crippen LogP contribution is -2.07. The Morgan fingerprint density at radius 1 is 1.04 bits per heavy atom. The van der Waals surface area contributed by atoms with E-state index in [2.05, 4.69) is 36.5 Å². The maximum absolute atomic E-state index is 6.22. The molecule has 1 aliphatic rings. The average molecular weight is 372 g/mol. The fourth-order valence-electron chi connectivity index (χ4n) is 3.41. The molecule has 0 spiro atoms. The summed E-state index contributed by atoms with van der Waals surface area (Å²) in [4.78, 5) is 0. The van der Waals surface area contributed by atoms with E-state index in [0.29, 0.717) is 10.0 Å². The molecule has 5 heteroatoms. The molecule has 3 aromatic rings. The molecule has 3 nitrogen and oxygen atoms in total. The Morgan fingerprint density at radius 2 is 1.80 bits per heavy atom. The standard InChI is InChI=1S/C20H19Cl2N3/c1-13-6-2-3-7-17(13)19-18-8-4-5-9-23-20(18)25(24-19)16-11-14(21)10-15(22)12-16/h2-3,6-7,10-12,23H,4-5,8-9H2,1H3. The number of fused-ring (bicyclic) bond motifs is 1. The van der Waals surface area contributed by atoms with Crippen LogP contribution in [-0.4, -0.2) is 16.3 Å². The molecule has 0 unspecified atom stereocenters. The van der Waals surface area contributed by atoms with Crippen molar-refractivity contribution in [3.63, 3.8) is 0 Å². The van der Waals surface area contributed by atoms with Crippen LogP contribution in [-0.2, 0) is 6.42 Å². The van der Waals surface area contributed by atoms with Crippen LogP contribution in [0, 0.1) is 6.92 Å². The molecular formula is C20H19Cl2N3. The zero-order valence-electron chi connectivity index (χ0n) is 14.0. The number of rotatable bonds is 2. The highest BCUT2D eigenvalue weighted by Gasteiger charge is 2.22. The zero-order chi connectivity index (χ0) is 17.4. The molecule has 25 heavy (non-hydrogen) atoms. The topological polar surface area (TPSA) is 29.9 Å². The Bertz CT molecular complexity index is 910. The molecule has 0 fully saturated rings. The van der Waals surface area contributed by atoms with Crippen LogP contribution in [0.2, 0.25) is 10.0 Å². The van der Waals surface area contributed by atoms with Gasteiger partial charge in [0.1, 0.15) is 5.82 Å². The first-order valence-electron chi connectivity index (χ1n) is 8.52. The van der Waals surface area contributed by atoms with Gasteiger partial charge in [0.05, 0.1) is 11.4 Å². The molecule has 0 bridgehead atoms. The third-order valence-electron chi connectivity index (χ3n) is 4.62. The third-order valence-corrected chi connectivity index (χ3v) is 5.06. The van der Waals surface area contributed by atoms with Gasteiger partial charge in [0.25, 0.3) is 0 Å². The van der Waals surface area contributed by atoms with Crippen molar-refractivity contribution < 1.29 is 0 Å². The highest BCUT2D eigenvalue weighted by atomic mass is 35.5. The van der Waals surface area contributed by atoms with Gasteiger partial charge in [-0.25, -0.2) is 4.68 Å². The van der Waals surface area contributed by atoms with Crippen molar-refractivity contribution in [3.05, 3.63) is 63.6 Å². The fraction of sp³-hybridized carbons (Fsp3) is 0.250. The lowest BCUT2D eigenvalue weighted by molar-refractivity contribution is 0.780. The Kier molecular flexibility index (Phi) is 4.45. The number of nitrogens with one attached hydrogen (secondary N) is 1. The monoisotopic (exact) mass is 371 g/mol. The van der Waals surface area contributed by atoms with Gasteiger partial charge in [-0.2, -0.15) is 5.10 Å². The highest BCUT2D eigenvalue weighted by Crippen LogP contribution is 2.36. The van der Waals surface area contributed by atoms with E-state index in [0.717, 1.165) is 43.0 Å². The van der Waals surface area contributed by atoms with Gasteiger partial charge in [0.2, 0.25) is 0 Å². The van der Waals surface area contributed by atoms with Crippen LogP contribution in [0.3, 0.4) is 0 Å². The molecule has 0 aliphatic carbocycles. The van der Waals surface area contributed by atoms with Gasteiger partial charge >= 0.3 is 0 Å². The quantitative estimate of drug-likeness (QED) is 0.607. The summed E-state index contributed by atoms with van der Waals surface area (Å²) in [6, 6.07) is 13.9. The summed E-state index contributed by atoms with van der Waals surface area (Å²) in [6.07, 6.45) is 3.32. The molecule has 0 amide bonds. The molecule has 2 aromatic carbocycles. The van der Waals surface area contributed by atoms with Crippen LogP contribution in [0.25, 0.3) is 16.9 Å². The SMILES string of the molecule is Cc1ccccc1-c1nn(-c2cc(Cl)cc(Cl)c2)c2c1CCCCN2. The van der Waals surface area contributed by atoms with Crippen LogP contribution in [0.1, 0.15) is 24.0 Å². The first-order valence-corrected chi connectivity index (χ1v) is 9.27. The fourth-order valence-corrected chi connectivity index (χ4v) is 3.92. The van der Waals surface area contributed by atoms with Crippen molar-refractivity contribution >= 4 is 29.0 Å². The van der Waals surface area contributed by atoms with Crippen LogP contribution in [0.15, 0.2) is 42.5 Å². The Hall–Kier alpha value is -1.97. The molecule has 1 aromatic heterocycles. The van der Waals surface area contributed by atoms with Crippen molar-refractivity contribution in [2.45, 2.75) is 26.2 Å². The van der Waals surface area contributed by atoms with Gasteiger partial charge in [0, 0.05) is 27.7 Å². The molecule has 2 heterocycles. The molecule has 0 saturated carbocycles. The van der Waals surface area contributed by atoms with Crippen LogP contribution in [0.4, 0.5) is 5.82 Å². The zero-order valence-corrected chi connectivity index (χ0v) is 15.5. The van der Waals surface area contributed by atoms with E-state index < -0.39 is 0 Å². The summed E-state index contributed by atoms with van der Waals surface area (Å²) in [6.45, 7) is 3.07. The lowest BCUT2D eigenvalue weighted by atomic mass is 10.00. The summed E-state index contributed by atoms with van der Waals surface area (Å²) < 4.78 is 1.94. The van der Waals surface area contributed by atoms with E-state index >= 15 is 0 Å². The predicted molar refractivity (Wildman–Crippen MR) is 105 cm³/mol.